The van der Waals surface area contributed by atoms with E-state index in [1.807, 2.05) is 19.4 Å². The SMILES string of the molecule is C[C@@H]1CC[C@]2(CCN(C(=O)[C@H]3CCO[C@@H]3c3cnn(C)c3)C2)C1. The molecule has 0 radical (unpaired) electrons. The summed E-state index contributed by atoms with van der Waals surface area (Å²) in [6, 6.07) is 0. The smallest absolute Gasteiger partial charge is 0.228 e. The summed E-state index contributed by atoms with van der Waals surface area (Å²) in [7, 11) is 1.90. The zero-order valence-corrected chi connectivity index (χ0v) is 14.2. The van der Waals surface area contributed by atoms with Crippen LogP contribution in [0.4, 0.5) is 0 Å². The lowest BCUT2D eigenvalue weighted by atomic mass is 9.84. The molecule has 1 aromatic heterocycles. The number of ether oxygens (including phenoxy) is 1. The number of carbonyl (C=O) groups excluding carboxylic acids is 1. The molecule has 1 aromatic rings. The average molecular weight is 317 g/mol. The first-order chi connectivity index (χ1) is 11.1. The fourth-order valence-electron chi connectivity index (χ4n) is 4.98. The Balaban J connectivity index is 1.46. The van der Waals surface area contributed by atoms with Gasteiger partial charge in [-0.05, 0) is 37.0 Å². The molecular weight excluding hydrogens is 290 g/mol. The van der Waals surface area contributed by atoms with E-state index in [0.29, 0.717) is 17.9 Å². The fourth-order valence-corrected chi connectivity index (χ4v) is 4.98. The van der Waals surface area contributed by atoms with Crippen molar-refractivity contribution in [2.24, 2.45) is 24.3 Å². The van der Waals surface area contributed by atoms with Crippen LogP contribution < -0.4 is 0 Å². The van der Waals surface area contributed by atoms with Gasteiger partial charge in [-0.3, -0.25) is 9.48 Å². The quantitative estimate of drug-likeness (QED) is 0.842. The minimum Gasteiger partial charge on any atom is -0.373 e. The molecule has 0 bridgehead atoms. The van der Waals surface area contributed by atoms with Crippen molar-refractivity contribution in [3.8, 4) is 0 Å². The number of rotatable bonds is 2. The maximum Gasteiger partial charge on any atom is 0.228 e. The largest absolute Gasteiger partial charge is 0.373 e. The van der Waals surface area contributed by atoms with Crippen LogP contribution in [0.3, 0.4) is 0 Å². The molecule has 2 saturated heterocycles. The van der Waals surface area contributed by atoms with Gasteiger partial charge in [0.05, 0.1) is 18.2 Å². The first kappa shape index (κ1) is 15.2. The first-order valence-corrected chi connectivity index (χ1v) is 8.95. The molecule has 1 saturated carbocycles. The van der Waals surface area contributed by atoms with E-state index in [0.717, 1.165) is 31.0 Å². The van der Waals surface area contributed by atoms with Crippen LogP contribution in [0.1, 0.15) is 50.7 Å². The van der Waals surface area contributed by atoms with E-state index in [-0.39, 0.29) is 12.0 Å². The molecule has 126 valence electrons. The van der Waals surface area contributed by atoms with Crippen molar-refractivity contribution in [2.75, 3.05) is 19.7 Å². The zero-order valence-electron chi connectivity index (χ0n) is 14.2. The predicted octanol–water partition coefficient (Wildman–Crippen LogP) is 2.54. The maximum atomic E-state index is 13.1. The van der Waals surface area contributed by atoms with Gasteiger partial charge >= 0.3 is 0 Å². The van der Waals surface area contributed by atoms with Gasteiger partial charge in [-0.2, -0.15) is 5.10 Å². The minimum absolute atomic E-state index is 0.0341. The van der Waals surface area contributed by atoms with Crippen LogP contribution in [-0.4, -0.2) is 40.3 Å². The Morgan fingerprint density at radius 1 is 1.39 bits per heavy atom. The second kappa shape index (κ2) is 5.62. The number of aromatic nitrogens is 2. The maximum absolute atomic E-state index is 13.1. The second-order valence-corrected chi connectivity index (χ2v) is 7.99. The second-order valence-electron chi connectivity index (χ2n) is 7.99. The molecule has 3 fully saturated rings. The van der Waals surface area contributed by atoms with Crippen LogP contribution in [0, 0.1) is 17.3 Å². The lowest BCUT2D eigenvalue weighted by molar-refractivity contribution is -0.136. The Hall–Kier alpha value is -1.36. The summed E-state index contributed by atoms with van der Waals surface area (Å²) >= 11 is 0. The minimum atomic E-state index is -0.116. The molecule has 2 aliphatic heterocycles. The Morgan fingerprint density at radius 3 is 2.96 bits per heavy atom. The highest BCUT2D eigenvalue weighted by Gasteiger charge is 2.46. The molecule has 0 aromatic carbocycles. The number of carbonyl (C=O) groups is 1. The molecule has 1 amide bonds. The van der Waals surface area contributed by atoms with Crippen molar-refractivity contribution in [1.29, 1.82) is 0 Å². The summed E-state index contributed by atoms with van der Waals surface area (Å²) in [5.74, 6) is 1.09. The monoisotopic (exact) mass is 317 g/mol. The van der Waals surface area contributed by atoms with Gasteiger partial charge in [0.2, 0.25) is 5.91 Å². The Labute approximate surface area is 138 Å². The zero-order chi connectivity index (χ0) is 16.0. The van der Waals surface area contributed by atoms with Crippen molar-refractivity contribution in [2.45, 2.75) is 45.1 Å². The molecule has 0 unspecified atom stereocenters. The molecule has 0 N–H and O–H groups in total. The summed E-state index contributed by atoms with van der Waals surface area (Å²) in [6.07, 6.45) is 9.63. The molecule has 4 atom stereocenters. The van der Waals surface area contributed by atoms with Crippen molar-refractivity contribution >= 4 is 5.91 Å². The average Bonchev–Trinajstić information content (AvgIpc) is 3.27. The van der Waals surface area contributed by atoms with Crippen LogP contribution in [0.25, 0.3) is 0 Å². The summed E-state index contributed by atoms with van der Waals surface area (Å²) in [5.41, 5.74) is 1.45. The molecule has 4 rings (SSSR count). The van der Waals surface area contributed by atoms with E-state index in [4.69, 9.17) is 4.74 Å². The van der Waals surface area contributed by atoms with Crippen LogP contribution >= 0.6 is 0 Å². The highest BCUT2D eigenvalue weighted by atomic mass is 16.5. The highest BCUT2D eigenvalue weighted by molar-refractivity contribution is 5.80. The molecule has 5 heteroatoms. The van der Waals surface area contributed by atoms with E-state index in [2.05, 4.69) is 16.9 Å². The van der Waals surface area contributed by atoms with E-state index >= 15 is 0 Å². The van der Waals surface area contributed by atoms with Gasteiger partial charge in [0, 0.05) is 38.5 Å². The standard InChI is InChI=1S/C18H27N3O2/c1-13-3-5-18(9-13)6-7-21(12-18)17(22)15-4-8-23-16(15)14-10-19-20(2)11-14/h10-11,13,15-16H,3-9,12H2,1-2H3/t13-,15+,16-,18+/m1/s1. The van der Waals surface area contributed by atoms with Gasteiger partial charge in [0.15, 0.2) is 0 Å². The Kier molecular flexibility index (Phi) is 3.71. The van der Waals surface area contributed by atoms with Gasteiger partial charge in [-0.15, -0.1) is 0 Å². The lowest BCUT2D eigenvalue weighted by Crippen LogP contribution is -2.37. The van der Waals surface area contributed by atoms with Gasteiger partial charge in [-0.1, -0.05) is 13.3 Å². The Morgan fingerprint density at radius 2 is 2.26 bits per heavy atom. The number of nitrogens with zero attached hydrogens (tertiary/aromatic N) is 3. The van der Waals surface area contributed by atoms with Crippen molar-refractivity contribution < 1.29 is 9.53 Å². The van der Waals surface area contributed by atoms with Gasteiger partial charge in [0.25, 0.3) is 0 Å². The number of amides is 1. The number of hydrogen-bond donors (Lipinski definition) is 0. The van der Waals surface area contributed by atoms with E-state index in [1.165, 1.54) is 25.7 Å². The lowest BCUT2D eigenvalue weighted by Gasteiger charge is -2.27. The summed E-state index contributed by atoms with van der Waals surface area (Å²) in [5, 5.41) is 4.23. The van der Waals surface area contributed by atoms with E-state index < -0.39 is 0 Å². The summed E-state index contributed by atoms with van der Waals surface area (Å²) < 4.78 is 7.66. The Bertz CT molecular complexity index is 599. The van der Waals surface area contributed by atoms with Gasteiger partial charge in [0.1, 0.15) is 0 Å². The fraction of sp³-hybridized carbons (Fsp3) is 0.778. The third-order valence-corrected chi connectivity index (χ3v) is 6.16. The number of hydrogen-bond acceptors (Lipinski definition) is 3. The first-order valence-electron chi connectivity index (χ1n) is 8.95. The number of aryl methyl sites for hydroxylation is 1. The molecule has 5 nitrogen and oxygen atoms in total. The predicted molar refractivity (Wildman–Crippen MR) is 86.7 cm³/mol. The molecule has 3 heterocycles. The molecular formula is C18H27N3O2. The molecule has 1 aliphatic carbocycles. The van der Waals surface area contributed by atoms with Crippen molar-refractivity contribution in [1.82, 2.24) is 14.7 Å². The molecule has 1 spiro atoms. The van der Waals surface area contributed by atoms with E-state index in [1.54, 1.807) is 4.68 Å². The van der Waals surface area contributed by atoms with Gasteiger partial charge < -0.3 is 9.64 Å². The van der Waals surface area contributed by atoms with Crippen LogP contribution in [-0.2, 0) is 16.6 Å². The summed E-state index contributed by atoms with van der Waals surface area (Å²) in [6.45, 7) is 4.92. The molecule has 23 heavy (non-hydrogen) atoms. The van der Waals surface area contributed by atoms with Crippen molar-refractivity contribution in [3.63, 3.8) is 0 Å². The van der Waals surface area contributed by atoms with Crippen molar-refractivity contribution in [3.05, 3.63) is 18.0 Å². The highest BCUT2D eigenvalue weighted by Crippen LogP contribution is 2.48. The third kappa shape index (κ3) is 2.69. The number of likely N-dealkylation sites (tertiary alicyclic amines) is 1. The summed E-state index contributed by atoms with van der Waals surface area (Å²) in [4.78, 5) is 15.2. The third-order valence-electron chi connectivity index (χ3n) is 6.16. The molecule has 3 aliphatic rings. The van der Waals surface area contributed by atoms with Crippen LogP contribution in [0.15, 0.2) is 12.4 Å². The van der Waals surface area contributed by atoms with Gasteiger partial charge in [-0.25, -0.2) is 0 Å². The van der Waals surface area contributed by atoms with E-state index in [9.17, 15) is 4.79 Å². The normalized spacial score (nSPS) is 37.1. The topological polar surface area (TPSA) is 47.4 Å². The van der Waals surface area contributed by atoms with Crippen LogP contribution in [0.2, 0.25) is 0 Å². The van der Waals surface area contributed by atoms with Crippen LogP contribution in [0.5, 0.6) is 0 Å².